The van der Waals surface area contributed by atoms with E-state index in [2.05, 4.69) is 23.3 Å². The molecule has 5 N–H and O–H groups in total. The molecule has 0 saturated heterocycles. The largest absolute Gasteiger partial charge is 0.370 e. The van der Waals surface area contributed by atoms with Gasteiger partial charge in [0.2, 0.25) is 5.91 Å². The van der Waals surface area contributed by atoms with Gasteiger partial charge < -0.3 is 16.4 Å². The number of thiol groups is 1. The highest BCUT2D eigenvalue weighted by atomic mass is 32.1. The van der Waals surface area contributed by atoms with Gasteiger partial charge in [0.05, 0.1) is 0 Å². The molecule has 0 fully saturated rings. The Bertz CT molecular complexity index is 186. The molecular formula is C8H18N4OS. The average molecular weight is 218 g/mol. The van der Waals surface area contributed by atoms with Crippen LogP contribution in [-0.2, 0) is 4.79 Å². The fourth-order valence-electron chi connectivity index (χ4n) is 0.917. The summed E-state index contributed by atoms with van der Waals surface area (Å²) in [5.41, 5.74) is 5.08. The van der Waals surface area contributed by atoms with Crippen molar-refractivity contribution in [1.29, 1.82) is 5.41 Å². The van der Waals surface area contributed by atoms with E-state index in [4.69, 9.17) is 11.1 Å². The Morgan fingerprint density at radius 1 is 1.29 bits per heavy atom. The fourth-order valence-corrected chi connectivity index (χ4v) is 1.03. The zero-order valence-corrected chi connectivity index (χ0v) is 9.07. The Balaban J connectivity index is 3.19. The first-order chi connectivity index (χ1) is 6.66. The standard InChI is InChI=1S/C8H18N4OS/c9-8(10)12-4-2-1-3-7(13)11-5-6-14/h14H,1-6H2,(H,11,13)(H4,9,10,12). The smallest absolute Gasteiger partial charge is 0.220 e. The van der Waals surface area contributed by atoms with Gasteiger partial charge in [-0.1, -0.05) is 0 Å². The van der Waals surface area contributed by atoms with E-state index in [1.807, 2.05) is 0 Å². The van der Waals surface area contributed by atoms with Crippen LogP contribution in [0.15, 0.2) is 0 Å². The summed E-state index contributed by atoms with van der Waals surface area (Å²) >= 11 is 3.98. The highest BCUT2D eigenvalue weighted by Gasteiger charge is 1.98. The van der Waals surface area contributed by atoms with Gasteiger partial charge in [-0.15, -0.1) is 0 Å². The first-order valence-electron chi connectivity index (χ1n) is 4.62. The summed E-state index contributed by atoms with van der Waals surface area (Å²) in [6.45, 7) is 1.27. The summed E-state index contributed by atoms with van der Waals surface area (Å²) < 4.78 is 0. The highest BCUT2D eigenvalue weighted by Crippen LogP contribution is 1.93. The molecule has 6 heteroatoms. The molecule has 0 saturated carbocycles. The second-order valence-electron chi connectivity index (χ2n) is 2.87. The van der Waals surface area contributed by atoms with Crippen molar-refractivity contribution in [2.45, 2.75) is 19.3 Å². The number of nitrogens with two attached hydrogens (primary N) is 1. The van der Waals surface area contributed by atoms with Crippen LogP contribution in [0.25, 0.3) is 0 Å². The van der Waals surface area contributed by atoms with E-state index < -0.39 is 0 Å². The van der Waals surface area contributed by atoms with Crippen molar-refractivity contribution in [3.63, 3.8) is 0 Å². The molecule has 0 aliphatic heterocycles. The van der Waals surface area contributed by atoms with Gasteiger partial charge in [0, 0.05) is 25.3 Å². The topological polar surface area (TPSA) is 91.0 Å². The second-order valence-corrected chi connectivity index (χ2v) is 3.32. The van der Waals surface area contributed by atoms with Crippen LogP contribution >= 0.6 is 12.6 Å². The first-order valence-corrected chi connectivity index (χ1v) is 5.25. The van der Waals surface area contributed by atoms with Crippen molar-refractivity contribution in [2.75, 3.05) is 18.8 Å². The molecule has 1 amide bonds. The highest BCUT2D eigenvalue weighted by molar-refractivity contribution is 7.80. The van der Waals surface area contributed by atoms with E-state index in [0.717, 1.165) is 12.8 Å². The van der Waals surface area contributed by atoms with Crippen LogP contribution in [0.3, 0.4) is 0 Å². The van der Waals surface area contributed by atoms with Gasteiger partial charge >= 0.3 is 0 Å². The molecule has 14 heavy (non-hydrogen) atoms. The van der Waals surface area contributed by atoms with Crippen LogP contribution in [-0.4, -0.2) is 30.7 Å². The van der Waals surface area contributed by atoms with Crippen molar-refractivity contribution >= 4 is 24.5 Å². The normalized spacial score (nSPS) is 9.50. The van der Waals surface area contributed by atoms with E-state index in [1.165, 1.54) is 0 Å². The Morgan fingerprint density at radius 2 is 2.00 bits per heavy atom. The maximum atomic E-state index is 11.1. The molecule has 0 aromatic heterocycles. The lowest BCUT2D eigenvalue weighted by Crippen LogP contribution is -2.31. The second kappa shape index (κ2) is 8.68. The van der Waals surface area contributed by atoms with Gasteiger partial charge in [0.15, 0.2) is 5.96 Å². The lowest BCUT2D eigenvalue weighted by molar-refractivity contribution is -0.121. The molecule has 82 valence electrons. The van der Waals surface area contributed by atoms with Gasteiger partial charge in [-0.05, 0) is 12.8 Å². The zero-order chi connectivity index (χ0) is 10.8. The monoisotopic (exact) mass is 218 g/mol. The number of guanidine groups is 1. The molecule has 0 radical (unpaired) electrons. The van der Waals surface area contributed by atoms with Crippen LogP contribution < -0.4 is 16.4 Å². The number of hydrogen-bond donors (Lipinski definition) is 5. The Kier molecular flexibility index (Phi) is 8.11. The molecule has 0 heterocycles. The Labute approximate surface area is 89.7 Å². The summed E-state index contributed by atoms with van der Waals surface area (Å²) in [5, 5.41) is 12.3. The van der Waals surface area contributed by atoms with E-state index in [1.54, 1.807) is 0 Å². The third-order valence-electron chi connectivity index (χ3n) is 1.58. The minimum Gasteiger partial charge on any atom is -0.370 e. The minimum absolute atomic E-state index is 0.0236. The van der Waals surface area contributed by atoms with Crippen molar-refractivity contribution in [1.82, 2.24) is 10.6 Å². The molecule has 0 rings (SSSR count). The molecule has 0 aliphatic rings. The van der Waals surface area contributed by atoms with Gasteiger partial charge in [-0.25, -0.2) is 0 Å². The molecule has 0 aliphatic carbocycles. The summed E-state index contributed by atoms with van der Waals surface area (Å²) in [6, 6.07) is 0. The van der Waals surface area contributed by atoms with Gasteiger partial charge in [0.25, 0.3) is 0 Å². The van der Waals surface area contributed by atoms with Crippen LogP contribution in [0.1, 0.15) is 19.3 Å². The van der Waals surface area contributed by atoms with Gasteiger partial charge in [-0.3, -0.25) is 10.2 Å². The molecule has 0 unspecified atom stereocenters. The van der Waals surface area contributed by atoms with Crippen molar-refractivity contribution < 1.29 is 4.79 Å². The Morgan fingerprint density at radius 3 is 2.57 bits per heavy atom. The number of rotatable bonds is 7. The van der Waals surface area contributed by atoms with Crippen molar-refractivity contribution in [2.24, 2.45) is 5.73 Å². The van der Waals surface area contributed by atoms with Crippen molar-refractivity contribution in [3.05, 3.63) is 0 Å². The zero-order valence-electron chi connectivity index (χ0n) is 8.18. The van der Waals surface area contributed by atoms with Gasteiger partial charge in [0.1, 0.15) is 0 Å². The summed E-state index contributed by atoms with van der Waals surface area (Å²) in [6.07, 6.45) is 2.17. The predicted molar refractivity (Wildman–Crippen MR) is 60.6 cm³/mol. The fraction of sp³-hybridized carbons (Fsp3) is 0.750. The number of hydrogen-bond acceptors (Lipinski definition) is 3. The van der Waals surface area contributed by atoms with E-state index in [-0.39, 0.29) is 11.9 Å². The maximum absolute atomic E-state index is 11.1. The number of carbonyl (C=O) groups is 1. The quantitative estimate of drug-likeness (QED) is 0.176. The first kappa shape index (κ1) is 13.1. The van der Waals surface area contributed by atoms with Crippen LogP contribution in [0.5, 0.6) is 0 Å². The SMILES string of the molecule is N=C(N)NCCCCC(=O)NCCS. The average Bonchev–Trinajstić information content (AvgIpc) is 2.13. The Hall–Kier alpha value is -0.910. The number of unbranched alkanes of at least 4 members (excludes halogenated alkanes) is 1. The van der Waals surface area contributed by atoms with Crippen LogP contribution in [0.4, 0.5) is 0 Å². The third-order valence-corrected chi connectivity index (χ3v) is 1.80. The lowest BCUT2D eigenvalue weighted by atomic mass is 10.2. The van der Waals surface area contributed by atoms with E-state index in [0.29, 0.717) is 25.3 Å². The predicted octanol–water partition coefficient (Wildman–Crippen LogP) is -0.314. The molecule has 0 spiro atoms. The molecule has 0 bridgehead atoms. The van der Waals surface area contributed by atoms with Crippen molar-refractivity contribution in [3.8, 4) is 0 Å². The summed E-state index contributed by atoms with van der Waals surface area (Å²) in [4.78, 5) is 11.1. The number of carbonyl (C=O) groups excluding carboxylic acids is 1. The number of nitrogens with one attached hydrogen (secondary N) is 3. The molecule has 0 aromatic carbocycles. The molecule has 0 aromatic rings. The summed E-state index contributed by atoms with van der Waals surface area (Å²) in [7, 11) is 0. The van der Waals surface area contributed by atoms with Crippen LogP contribution in [0.2, 0.25) is 0 Å². The molecular weight excluding hydrogens is 200 g/mol. The van der Waals surface area contributed by atoms with E-state index >= 15 is 0 Å². The lowest BCUT2D eigenvalue weighted by Gasteiger charge is -2.04. The van der Waals surface area contributed by atoms with Gasteiger partial charge in [-0.2, -0.15) is 12.6 Å². The third kappa shape index (κ3) is 9.18. The molecule has 5 nitrogen and oxygen atoms in total. The minimum atomic E-state index is -0.0236. The maximum Gasteiger partial charge on any atom is 0.220 e. The summed E-state index contributed by atoms with van der Waals surface area (Å²) in [5.74, 6) is 0.698. The molecule has 0 atom stereocenters. The number of amides is 1. The van der Waals surface area contributed by atoms with Crippen LogP contribution in [0, 0.1) is 5.41 Å². The van der Waals surface area contributed by atoms with E-state index in [9.17, 15) is 4.79 Å².